The van der Waals surface area contributed by atoms with Crippen molar-refractivity contribution in [3.63, 3.8) is 0 Å². The van der Waals surface area contributed by atoms with Gasteiger partial charge in [-0.05, 0) is 43.2 Å². The Hall–Kier alpha value is -3.39. The van der Waals surface area contributed by atoms with Crippen LogP contribution in [-0.2, 0) is 17.8 Å². The van der Waals surface area contributed by atoms with E-state index in [0.29, 0.717) is 28.8 Å². The summed E-state index contributed by atoms with van der Waals surface area (Å²) >= 11 is 1.28. The molecule has 0 spiro atoms. The van der Waals surface area contributed by atoms with Crippen LogP contribution in [0.4, 0.5) is 4.39 Å². The summed E-state index contributed by atoms with van der Waals surface area (Å²) in [5, 5.41) is 12.0. The van der Waals surface area contributed by atoms with E-state index in [0.717, 1.165) is 12.0 Å². The third-order valence-corrected chi connectivity index (χ3v) is 5.95. The number of furan rings is 1. The van der Waals surface area contributed by atoms with E-state index in [-0.39, 0.29) is 23.5 Å². The van der Waals surface area contributed by atoms with E-state index >= 15 is 0 Å². The standard InChI is InChI=1S/C24H23FN4O2S/c1-17(21-12-7-15-31-21)26-22(30)16-32-24-28-27-23(19-10-5-6-11-20(19)25)29(24)14-13-18-8-3-2-4-9-18/h2-12,15,17H,13-14,16H2,1H3,(H,26,30)/t17-/m0/s1. The first-order valence-corrected chi connectivity index (χ1v) is 11.3. The number of hydrogen-bond acceptors (Lipinski definition) is 5. The highest BCUT2D eigenvalue weighted by atomic mass is 32.2. The zero-order valence-electron chi connectivity index (χ0n) is 17.6. The number of nitrogens with zero attached hydrogens (tertiary/aromatic N) is 3. The lowest BCUT2D eigenvalue weighted by atomic mass is 10.1. The summed E-state index contributed by atoms with van der Waals surface area (Å²) in [5.74, 6) is 0.791. The molecule has 0 aliphatic carbocycles. The van der Waals surface area contributed by atoms with Gasteiger partial charge in [-0.1, -0.05) is 54.2 Å². The van der Waals surface area contributed by atoms with Gasteiger partial charge in [-0.25, -0.2) is 4.39 Å². The Morgan fingerprint density at radius 3 is 2.62 bits per heavy atom. The highest BCUT2D eigenvalue weighted by Gasteiger charge is 2.19. The molecule has 1 amide bonds. The van der Waals surface area contributed by atoms with Gasteiger partial charge in [0, 0.05) is 6.54 Å². The van der Waals surface area contributed by atoms with Gasteiger partial charge in [0.1, 0.15) is 11.6 Å². The predicted molar refractivity (Wildman–Crippen MR) is 122 cm³/mol. The molecule has 1 N–H and O–H groups in total. The molecule has 2 aromatic carbocycles. The molecule has 0 saturated carbocycles. The van der Waals surface area contributed by atoms with E-state index in [1.54, 1.807) is 30.5 Å². The number of halogens is 1. The molecule has 0 aliphatic heterocycles. The van der Waals surface area contributed by atoms with Gasteiger partial charge in [0.15, 0.2) is 11.0 Å². The number of amides is 1. The molecule has 0 aliphatic rings. The van der Waals surface area contributed by atoms with Gasteiger partial charge in [0.2, 0.25) is 5.91 Å². The molecule has 0 bridgehead atoms. The second-order valence-electron chi connectivity index (χ2n) is 7.27. The number of carbonyl (C=O) groups is 1. The zero-order chi connectivity index (χ0) is 22.3. The van der Waals surface area contributed by atoms with Crippen LogP contribution in [-0.4, -0.2) is 26.4 Å². The molecule has 32 heavy (non-hydrogen) atoms. The van der Waals surface area contributed by atoms with Gasteiger partial charge < -0.3 is 14.3 Å². The minimum Gasteiger partial charge on any atom is -0.467 e. The summed E-state index contributed by atoms with van der Waals surface area (Å²) in [5.41, 5.74) is 1.54. The van der Waals surface area contributed by atoms with Gasteiger partial charge in [0.05, 0.1) is 23.6 Å². The van der Waals surface area contributed by atoms with Crippen LogP contribution in [0.25, 0.3) is 11.4 Å². The van der Waals surface area contributed by atoms with Crippen molar-refractivity contribution in [2.75, 3.05) is 5.75 Å². The molecular weight excluding hydrogens is 427 g/mol. The first-order valence-electron chi connectivity index (χ1n) is 10.3. The minimum absolute atomic E-state index is 0.149. The van der Waals surface area contributed by atoms with Crippen LogP contribution in [0.15, 0.2) is 82.6 Å². The van der Waals surface area contributed by atoms with Crippen LogP contribution in [0.1, 0.15) is 24.3 Å². The van der Waals surface area contributed by atoms with Crippen molar-refractivity contribution in [1.29, 1.82) is 0 Å². The summed E-state index contributed by atoms with van der Waals surface area (Å²) in [6.07, 6.45) is 2.31. The average Bonchev–Trinajstić information content (AvgIpc) is 3.48. The summed E-state index contributed by atoms with van der Waals surface area (Å²) in [6, 6.07) is 19.9. The van der Waals surface area contributed by atoms with E-state index in [4.69, 9.17) is 4.42 Å². The SMILES string of the molecule is C[C@H](NC(=O)CSc1nnc(-c2ccccc2F)n1CCc1ccccc1)c1ccco1. The smallest absolute Gasteiger partial charge is 0.231 e. The van der Waals surface area contributed by atoms with Gasteiger partial charge >= 0.3 is 0 Å². The Morgan fingerprint density at radius 2 is 1.88 bits per heavy atom. The number of benzene rings is 2. The fraction of sp³-hybridized carbons (Fsp3) is 0.208. The third-order valence-electron chi connectivity index (χ3n) is 4.98. The van der Waals surface area contributed by atoms with E-state index in [2.05, 4.69) is 15.5 Å². The van der Waals surface area contributed by atoms with E-state index in [1.807, 2.05) is 47.9 Å². The van der Waals surface area contributed by atoms with E-state index in [1.165, 1.54) is 17.8 Å². The van der Waals surface area contributed by atoms with Crippen LogP contribution in [0.3, 0.4) is 0 Å². The first-order chi connectivity index (χ1) is 15.6. The van der Waals surface area contributed by atoms with Crippen molar-refractivity contribution in [3.8, 4) is 11.4 Å². The van der Waals surface area contributed by atoms with Crippen LogP contribution < -0.4 is 5.32 Å². The maximum absolute atomic E-state index is 14.5. The topological polar surface area (TPSA) is 73.0 Å². The number of aromatic nitrogens is 3. The Balaban J connectivity index is 1.50. The van der Waals surface area contributed by atoms with Crippen molar-refractivity contribution in [2.24, 2.45) is 0 Å². The lowest BCUT2D eigenvalue weighted by molar-refractivity contribution is -0.119. The van der Waals surface area contributed by atoms with Crippen molar-refractivity contribution in [1.82, 2.24) is 20.1 Å². The Labute approximate surface area is 189 Å². The molecule has 1 atom stereocenters. The first kappa shape index (κ1) is 21.8. The van der Waals surface area contributed by atoms with E-state index < -0.39 is 0 Å². The van der Waals surface area contributed by atoms with Crippen LogP contribution >= 0.6 is 11.8 Å². The molecule has 0 saturated heterocycles. The molecule has 0 fully saturated rings. The normalized spacial score (nSPS) is 11.9. The number of aryl methyl sites for hydroxylation is 1. The van der Waals surface area contributed by atoms with Gasteiger partial charge in [-0.2, -0.15) is 0 Å². The van der Waals surface area contributed by atoms with Crippen molar-refractivity contribution < 1.29 is 13.6 Å². The number of carbonyl (C=O) groups excluding carboxylic acids is 1. The molecule has 164 valence electrons. The van der Waals surface area contributed by atoms with Crippen LogP contribution in [0.2, 0.25) is 0 Å². The molecule has 6 nitrogen and oxygen atoms in total. The summed E-state index contributed by atoms with van der Waals surface area (Å²) < 4.78 is 21.7. The molecular formula is C24H23FN4O2S. The van der Waals surface area contributed by atoms with Crippen molar-refractivity contribution in [2.45, 2.75) is 31.1 Å². The van der Waals surface area contributed by atoms with Crippen LogP contribution in [0, 0.1) is 5.82 Å². The summed E-state index contributed by atoms with van der Waals surface area (Å²) in [7, 11) is 0. The Bertz CT molecular complexity index is 1160. The monoisotopic (exact) mass is 450 g/mol. The molecule has 4 aromatic rings. The highest BCUT2D eigenvalue weighted by Crippen LogP contribution is 2.26. The number of nitrogens with one attached hydrogen (secondary N) is 1. The fourth-order valence-electron chi connectivity index (χ4n) is 3.35. The molecule has 8 heteroatoms. The number of thioether (sulfide) groups is 1. The maximum Gasteiger partial charge on any atom is 0.231 e. The van der Waals surface area contributed by atoms with Crippen molar-refractivity contribution in [3.05, 3.63) is 90.1 Å². The van der Waals surface area contributed by atoms with Gasteiger partial charge in [0.25, 0.3) is 0 Å². The molecule has 2 aromatic heterocycles. The highest BCUT2D eigenvalue weighted by molar-refractivity contribution is 7.99. The van der Waals surface area contributed by atoms with Crippen LogP contribution in [0.5, 0.6) is 0 Å². The van der Waals surface area contributed by atoms with Gasteiger partial charge in [-0.15, -0.1) is 10.2 Å². The largest absolute Gasteiger partial charge is 0.467 e. The van der Waals surface area contributed by atoms with Crippen molar-refractivity contribution >= 4 is 17.7 Å². The zero-order valence-corrected chi connectivity index (χ0v) is 18.4. The second kappa shape index (κ2) is 10.3. The second-order valence-corrected chi connectivity index (χ2v) is 8.21. The molecule has 0 radical (unpaired) electrons. The average molecular weight is 451 g/mol. The summed E-state index contributed by atoms with van der Waals surface area (Å²) in [4.78, 5) is 12.5. The van der Waals surface area contributed by atoms with Gasteiger partial charge in [-0.3, -0.25) is 4.79 Å². The summed E-state index contributed by atoms with van der Waals surface area (Å²) in [6.45, 7) is 2.42. The molecule has 4 rings (SSSR count). The lowest BCUT2D eigenvalue weighted by Crippen LogP contribution is -2.28. The number of hydrogen-bond donors (Lipinski definition) is 1. The Kier molecular flexibility index (Phi) is 7.01. The third kappa shape index (κ3) is 5.26. The molecule has 2 heterocycles. The maximum atomic E-state index is 14.5. The van der Waals surface area contributed by atoms with E-state index in [9.17, 15) is 9.18 Å². The fourth-order valence-corrected chi connectivity index (χ4v) is 4.12. The predicted octanol–water partition coefficient (Wildman–Crippen LogP) is 4.89. The number of rotatable bonds is 9. The molecule has 0 unspecified atom stereocenters. The Morgan fingerprint density at radius 1 is 1.09 bits per heavy atom. The lowest BCUT2D eigenvalue weighted by Gasteiger charge is -2.12. The minimum atomic E-state index is -0.359. The quantitative estimate of drug-likeness (QED) is 0.368.